The van der Waals surface area contributed by atoms with Crippen LogP contribution in [0.15, 0.2) is 24.3 Å². The van der Waals surface area contributed by atoms with Crippen LogP contribution in [0.5, 0.6) is 5.75 Å². The first-order valence-electron chi connectivity index (χ1n) is 15.8. The second kappa shape index (κ2) is 20.4. The van der Waals surface area contributed by atoms with Gasteiger partial charge in [-0.15, -0.1) is 0 Å². The van der Waals surface area contributed by atoms with Crippen LogP contribution >= 0.6 is 0 Å². The van der Waals surface area contributed by atoms with Crippen LogP contribution in [0.25, 0.3) is 0 Å². The van der Waals surface area contributed by atoms with Crippen molar-refractivity contribution in [3.8, 4) is 5.75 Å². The largest absolute Gasteiger partial charge is 0.508 e. The molecule has 6 amide bonds. The summed E-state index contributed by atoms with van der Waals surface area (Å²) >= 11 is 0. The number of nitrogens with two attached hydrogens (primary N) is 2. The predicted molar refractivity (Wildman–Crippen MR) is 176 cm³/mol. The Morgan fingerprint density at radius 1 is 0.667 bits per heavy atom. The zero-order valence-corrected chi connectivity index (χ0v) is 28.5. The van der Waals surface area contributed by atoms with Crippen molar-refractivity contribution in [2.45, 2.75) is 102 Å². The van der Waals surface area contributed by atoms with Crippen LogP contribution < -0.4 is 38.1 Å². The van der Waals surface area contributed by atoms with E-state index in [2.05, 4.69) is 26.6 Å². The summed E-state index contributed by atoms with van der Waals surface area (Å²) in [5, 5.41) is 60.1. The summed E-state index contributed by atoms with van der Waals surface area (Å²) in [6, 6.07) is -3.97. The van der Waals surface area contributed by atoms with Crippen LogP contribution in [0.3, 0.4) is 0 Å². The number of phenols is 1. The zero-order valence-electron chi connectivity index (χ0n) is 28.5. The molecule has 0 radical (unpaired) electrons. The van der Waals surface area contributed by atoms with Gasteiger partial charge in [0.25, 0.3) is 0 Å². The third-order valence-electron chi connectivity index (χ3n) is 7.40. The van der Waals surface area contributed by atoms with Gasteiger partial charge in [0, 0.05) is 12.8 Å². The molecule has 0 fully saturated rings. The third kappa shape index (κ3) is 15.0. The van der Waals surface area contributed by atoms with Gasteiger partial charge in [-0.1, -0.05) is 26.0 Å². The fourth-order valence-electron chi connectivity index (χ4n) is 4.54. The number of aliphatic hydroxyl groups excluding tert-OH is 2. The highest BCUT2D eigenvalue weighted by Crippen LogP contribution is 2.13. The van der Waals surface area contributed by atoms with Crippen LogP contribution in [0, 0.1) is 5.92 Å². The fourth-order valence-corrected chi connectivity index (χ4v) is 4.54. The predicted octanol–water partition coefficient (Wildman–Crippen LogP) is -4.07. The molecule has 0 heterocycles. The standard InChI is InChI=1S/C31H47N7O13/c1-13(2)23(28(47)35-20(31(50)51)11-16-5-7-17(41)8-6-16)36-27(46)19(9-10-22(43)44)34-29(48)24(14(3)39)38-30(49)25(15(4)40)37-26(45)18(32)12-21(33)42/h5-8,13-15,18-20,23-25,39-41H,9-12,32H2,1-4H3,(H2,33,42)(H,34,48)(H,35,47)(H,36,46)(H,37,45)(H,38,49)(H,43,44)(H,50,51)/t14-,15-,18+,19+,20+,23+,24+,25+/m1/s1. The number of rotatable bonds is 21. The van der Waals surface area contributed by atoms with E-state index in [0.717, 1.165) is 13.8 Å². The Morgan fingerprint density at radius 3 is 1.57 bits per heavy atom. The van der Waals surface area contributed by atoms with Gasteiger partial charge in [0.15, 0.2) is 0 Å². The lowest BCUT2D eigenvalue weighted by Crippen LogP contribution is -2.63. The van der Waals surface area contributed by atoms with Crippen LogP contribution in [0.1, 0.15) is 52.5 Å². The average Bonchev–Trinajstić information content (AvgIpc) is 3.02. The number of aliphatic hydroxyl groups is 2. The monoisotopic (exact) mass is 725 g/mol. The van der Waals surface area contributed by atoms with Crippen molar-refractivity contribution in [2.75, 3.05) is 0 Å². The van der Waals surface area contributed by atoms with E-state index >= 15 is 0 Å². The molecule has 0 unspecified atom stereocenters. The molecule has 0 bridgehead atoms. The Bertz CT molecular complexity index is 1420. The molecule has 0 aliphatic rings. The third-order valence-corrected chi connectivity index (χ3v) is 7.40. The maximum atomic E-state index is 13.4. The minimum atomic E-state index is -1.84. The highest BCUT2D eigenvalue weighted by atomic mass is 16.4. The van der Waals surface area contributed by atoms with Gasteiger partial charge < -0.3 is 63.6 Å². The number of carbonyl (C=O) groups is 8. The second-order valence-corrected chi connectivity index (χ2v) is 12.2. The molecule has 14 N–H and O–H groups in total. The summed E-state index contributed by atoms with van der Waals surface area (Å²) in [6.45, 7) is 5.26. The number of hydrogen-bond donors (Lipinski definition) is 12. The van der Waals surface area contributed by atoms with Gasteiger partial charge in [-0.05, 0) is 43.9 Å². The van der Waals surface area contributed by atoms with E-state index < -0.39 is 121 Å². The van der Waals surface area contributed by atoms with Crippen molar-refractivity contribution >= 4 is 47.4 Å². The first kappa shape index (κ1) is 43.7. The summed E-state index contributed by atoms with van der Waals surface area (Å²) in [7, 11) is 0. The summed E-state index contributed by atoms with van der Waals surface area (Å²) in [6.07, 6.45) is -5.18. The van der Waals surface area contributed by atoms with Crippen molar-refractivity contribution in [3.63, 3.8) is 0 Å². The van der Waals surface area contributed by atoms with Crippen LogP contribution in [-0.2, 0) is 44.8 Å². The number of aromatic hydroxyl groups is 1. The van der Waals surface area contributed by atoms with Crippen LogP contribution in [0.2, 0.25) is 0 Å². The van der Waals surface area contributed by atoms with Gasteiger partial charge in [0.05, 0.1) is 24.7 Å². The van der Waals surface area contributed by atoms with Gasteiger partial charge in [-0.2, -0.15) is 0 Å². The van der Waals surface area contributed by atoms with Crippen molar-refractivity contribution in [1.29, 1.82) is 0 Å². The zero-order chi connectivity index (χ0) is 39.2. The molecule has 1 aromatic carbocycles. The van der Waals surface area contributed by atoms with Crippen LogP contribution in [0.4, 0.5) is 0 Å². The lowest BCUT2D eigenvalue weighted by Gasteiger charge is -2.29. The Labute approximate surface area is 292 Å². The molecule has 8 atom stereocenters. The summed E-state index contributed by atoms with van der Waals surface area (Å²) in [5.74, 6) is -9.78. The van der Waals surface area contributed by atoms with Crippen LogP contribution in [-0.4, -0.2) is 121 Å². The average molecular weight is 726 g/mol. The highest BCUT2D eigenvalue weighted by Gasteiger charge is 2.36. The smallest absolute Gasteiger partial charge is 0.326 e. The molecule has 0 aromatic heterocycles. The molecule has 0 saturated carbocycles. The van der Waals surface area contributed by atoms with Crippen molar-refractivity contribution in [1.82, 2.24) is 26.6 Å². The van der Waals surface area contributed by atoms with E-state index in [1.807, 2.05) is 0 Å². The lowest BCUT2D eigenvalue weighted by molar-refractivity contribution is -0.142. The fraction of sp³-hybridized carbons (Fsp3) is 0.548. The normalized spacial score (nSPS) is 15.8. The topological polar surface area (TPSA) is 350 Å². The molecule has 20 nitrogen and oxygen atoms in total. The van der Waals surface area contributed by atoms with Crippen molar-refractivity contribution in [2.24, 2.45) is 17.4 Å². The number of carbonyl (C=O) groups excluding carboxylic acids is 6. The lowest BCUT2D eigenvalue weighted by atomic mass is 10.00. The SMILES string of the molecule is CC(C)[C@H](NC(=O)[C@H](CCC(=O)O)NC(=O)[C@@H](NC(=O)[C@@H](NC(=O)[C@@H](N)CC(N)=O)[C@@H](C)O)[C@@H](C)O)C(=O)N[C@@H](Cc1ccc(O)cc1)C(=O)O. The Morgan fingerprint density at radius 2 is 1.12 bits per heavy atom. The van der Waals surface area contributed by atoms with Gasteiger partial charge in [0.1, 0.15) is 36.0 Å². The van der Waals surface area contributed by atoms with E-state index in [9.17, 15) is 63.9 Å². The van der Waals surface area contributed by atoms with Gasteiger partial charge in [-0.3, -0.25) is 33.6 Å². The number of primary amides is 1. The molecule has 0 spiro atoms. The van der Waals surface area contributed by atoms with E-state index in [4.69, 9.17) is 11.5 Å². The molecule has 0 aliphatic carbocycles. The number of benzene rings is 1. The molecule has 0 saturated heterocycles. The van der Waals surface area contributed by atoms with Gasteiger partial charge in [-0.25, -0.2) is 4.79 Å². The van der Waals surface area contributed by atoms with E-state index in [1.165, 1.54) is 38.1 Å². The second-order valence-electron chi connectivity index (χ2n) is 12.2. The number of nitrogens with one attached hydrogen (secondary N) is 5. The number of phenolic OH excluding ortho intramolecular Hbond substituents is 1. The molecule has 1 rings (SSSR count). The van der Waals surface area contributed by atoms with Crippen molar-refractivity contribution < 1.29 is 63.9 Å². The highest BCUT2D eigenvalue weighted by molar-refractivity contribution is 5.97. The number of carboxylic acid groups (broad SMARTS) is 2. The minimum Gasteiger partial charge on any atom is -0.508 e. The number of amides is 6. The van der Waals surface area contributed by atoms with Gasteiger partial charge >= 0.3 is 11.9 Å². The Kier molecular flexibility index (Phi) is 17.4. The molecule has 284 valence electrons. The summed E-state index contributed by atoms with van der Waals surface area (Å²) in [5.41, 5.74) is 11.1. The molecule has 0 aliphatic heterocycles. The first-order chi connectivity index (χ1) is 23.6. The minimum absolute atomic E-state index is 0.0553. The molecular weight excluding hydrogens is 678 g/mol. The van der Waals surface area contributed by atoms with E-state index in [1.54, 1.807) is 0 Å². The number of hydrogen-bond acceptors (Lipinski definition) is 12. The maximum absolute atomic E-state index is 13.4. The number of aliphatic carboxylic acids is 2. The Balaban J connectivity index is 3.19. The first-order valence-corrected chi connectivity index (χ1v) is 15.8. The molecule has 20 heteroatoms. The molecular formula is C31H47N7O13. The summed E-state index contributed by atoms with van der Waals surface area (Å²) < 4.78 is 0. The van der Waals surface area contributed by atoms with E-state index in [0.29, 0.717) is 5.56 Å². The number of carboxylic acids is 2. The Hall–Kier alpha value is -5.34. The van der Waals surface area contributed by atoms with E-state index in [-0.39, 0.29) is 12.2 Å². The van der Waals surface area contributed by atoms with Crippen molar-refractivity contribution in [3.05, 3.63) is 29.8 Å². The molecule has 51 heavy (non-hydrogen) atoms. The quantitative estimate of drug-likeness (QED) is 0.0574. The molecule has 1 aromatic rings. The summed E-state index contributed by atoms with van der Waals surface area (Å²) in [4.78, 5) is 99.7. The van der Waals surface area contributed by atoms with Gasteiger partial charge in [0.2, 0.25) is 35.4 Å². The maximum Gasteiger partial charge on any atom is 0.326 e.